The quantitative estimate of drug-likeness (QED) is 0.0170. The molecule has 2 saturated heterocycles. The van der Waals surface area contributed by atoms with E-state index in [0.29, 0.717) is 26.1 Å². The van der Waals surface area contributed by atoms with Gasteiger partial charge in [0.1, 0.15) is 60.7 Å². The van der Waals surface area contributed by atoms with Crippen LogP contribution in [0.1, 0.15) is 286 Å². The van der Waals surface area contributed by atoms with E-state index < -0.39 is 79.8 Å². The number of carbonyl (C=O) groups excluding carboxylic acids is 3. The molecule has 0 spiro atoms. The van der Waals surface area contributed by atoms with Crippen molar-refractivity contribution in [3.8, 4) is 0 Å². The molecule has 0 unspecified atom stereocenters. The zero-order valence-electron chi connectivity index (χ0n) is 53.2. The fourth-order valence-corrected chi connectivity index (χ4v) is 10.2. The monoisotopic (exact) mass is 1180 g/mol. The number of aliphatic carboxylic acids is 1. The average molecular weight is 1190 g/mol. The van der Waals surface area contributed by atoms with Crippen molar-refractivity contribution in [3.63, 3.8) is 0 Å². The summed E-state index contributed by atoms with van der Waals surface area (Å²) in [4.78, 5) is 46.7. The van der Waals surface area contributed by atoms with E-state index in [4.69, 9.17) is 39.3 Å². The van der Waals surface area contributed by atoms with Crippen molar-refractivity contribution in [1.29, 1.82) is 0 Å². The molecule has 0 aromatic carbocycles. The number of allylic oxidation sites excluding steroid dienone is 2. The lowest BCUT2D eigenvalue weighted by Crippen LogP contribution is -2.65. The van der Waals surface area contributed by atoms with Crippen molar-refractivity contribution in [2.24, 2.45) is 5.73 Å². The van der Waals surface area contributed by atoms with Gasteiger partial charge in [0.25, 0.3) is 0 Å². The molecule has 17 nitrogen and oxygen atoms in total. The standard InChI is InChI=1S/C33H61NO7.C19H37NO5.C14H26O3/c1-4-7-9-11-13-15-16-18-20-22-27(36)25-29(37)34-30-32(39-24-21-19-17-14-12-10-8-5-2)31(38)28(26-35)41-33(30)40-23-6-3;1-3-5-6-7-8-9-10-11-13-23-18-16(20)19(24-12-4-2)25-15(14-21)17(18)22;1-2-3-4-5-6-7-8-9-10-11-13(15)12-14(16)17/h6,23,28,30-33,35,38H,4-5,7-22,24-26H2,1-3H3,(H,34,37);4,12,15-19,21-22H,3,5-11,13-14,20H2,1-2H3;2-12H2,1H3,(H,16,17)/b23-6-;12-4-;/t28-,30-,31-,32-,33+;15-,16-,17-,18-,19+;/m11./s1. The van der Waals surface area contributed by atoms with E-state index in [0.717, 1.165) is 64.2 Å². The van der Waals surface area contributed by atoms with Crippen LogP contribution in [0.4, 0.5) is 0 Å². The number of carboxylic acid groups (broad SMARTS) is 1. The van der Waals surface area contributed by atoms with Crippen LogP contribution in [-0.4, -0.2) is 137 Å². The zero-order valence-corrected chi connectivity index (χ0v) is 53.2. The maximum atomic E-state index is 12.9. The van der Waals surface area contributed by atoms with Gasteiger partial charge in [0, 0.05) is 26.1 Å². The second kappa shape index (κ2) is 56.8. The Morgan fingerprint density at radius 2 is 0.795 bits per heavy atom. The van der Waals surface area contributed by atoms with Crippen LogP contribution in [-0.2, 0) is 47.6 Å². The summed E-state index contributed by atoms with van der Waals surface area (Å²) in [6.45, 7) is 12.7. The molecule has 0 aromatic heterocycles. The van der Waals surface area contributed by atoms with E-state index in [1.807, 2.05) is 6.92 Å². The molecule has 2 aliphatic heterocycles. The molecule has 0 saturated carbocycles. The van der Waals surface area contributed by atoms with Gasteiger partial charge < -0.3 is 65.0 Å². The normalized spacial score (nSPS) is 22.4. The third-order valence-corrected chi connectivity index (χ3v) is 15.2. The van der Waals surface area contributed by atoms with Gasteiger partial charge in [-0.1, -0.05) is 232 Å². The summed E-state index contributed by atoms with van der Waals surface area (Å²) in [5.41, 5.74) is 6.13. The first-order chi connectivity index (χ1) is 40.3. The first kappa shape index (κ1) is 80.0. The third-order valence-electron chi connectivity index (χ3n) is 15.2. The molecule has 0 radical (unpaired) electrons. The highest BCUT2D eigenvalue weighted by Gasteiger charge is 2.48. The summed E-state index contributed by atoms with van der Waals surface area (Å²) >= 11 is 0. The highest BCUT2D eigenvalue weighted by atomic mass is 16.7. The molecule has 488 valence electrons. The number of nitrogens with two attached hydrogens (primary N) is 1. The van der Waals surface area contributed by atoms with Gasteiger partial charge in [-0.15, -0.1) is 0 Å². The lowest BCUT2D eigenvalue weighted by Gasteiger charge is -2.43. The fourth-order valence-electron chi connectivity index (χ4n) is 10.2. The van der Waals surface area contributed by atoms with E-state index in [-0.39, 0.29) is 31.0 Å². The molecule has 0 bridgehead atoms. The average Bonchev–Trinajstić information content (AvgIpc) is 3.53. The Hall–Kier alpha value is -3.00. The molecular formula is C66H124N2O15. The van der Waals surface area contributed by atoms with Crippen molar-refractivity contribution >= 4 is 23.4 Å². The van der Waals surface area contributed by atoms with Crippen molar-refractivity contribution < 1.29 is 73.1 Å². The van der Waals surface area contributed by atoms with E-state index in [2.05, 4.69) is 33.0 Å². The highest BCUT2D eigenvalue weighted by Crippen LogP contribution is 2.27. The number of rotatable bonds is 51. The number of aliphatic hydroxyl groups is 4. The minimum atomic E-state index is -1.15. The van der Waals surface area contributed by atoms with Crippen LogP contribution in [0.2, 0.25) is 0 Å². The molecule has 17 heteroatoms. The number of carbonyl (C=O) groups is 4. The largest absolute Gasteiger partial charge is 0.481 e. The van der Waals surface area contributed by atoms with Crippen LogP contribution in [0.5, 0.6) is 0 Å². The van der Waals surface area contributed by atoms with Gasteiger partial charge in [-0.3, -0.25) is 19.2 Å². The SMILES string of the molecule is C/C=C\O[C@H]1O[C@H](CO)[C@@H](O)[C@H](OCCCCCCCCCC)[C@H]1N.C/C=C\O[C@H]1O[C@H](CO)[C@@H](O)[C@H](OCCCCCCCCCC)[C@H]1NC(=O)CC(=O)CCCCCCCCCCC.CCCCCCCCCCCC(=O)CC(=O)O. The van der Waals surface area contributed by atoms with Gasteiger partial charge in [-0.05, 0) is 39.5 Å². The second-order valence-electron chi connectivity index (χ2n) is 22.9. The lowest BCUT2D eigenvalue weighted by molar-refractivity contribution is -0.263. The van der Waals surface area contributed by atoms with Crippen LogP contribution in [0.3, 0.4) is 0 Å². The van der Waals surface area contributed by atoms with Crippen molar-refractivity contribution in [2.75, 3.05) is 26.4 Å². The maximum Gasteiger partial charge on any atom is 0.310 e. The molecule has 10 atom stereocenters. The predicted octanol–water partition coefficient (Wildman–Crippen LogP) is 12.9. The van der Waals surface area contributed by atoms with Crippen LogP contribution in [0.15, 0.2) is 24.7 Å². The molecule has 1 amide bonds. The minimum Gasteiger partial charge on any atom is -0.481 e. The maximum absolute atomic E-state index is 12.9. The second-order valence-corrected chi connectivity index (χ2v) is 22.9. The smallest absolute Gasteiger partial charge is 0.310 e. The number of hydrogen-bond donors (Lipinski definition) is 7. The number of Topliss-reactive ketones (excluding diaryl/α,β-unsaturated/α-hetero) is 2. The zero-order chi connectivity index (χ0) is 61.6. The number of carboxylic acids is 1. The summed E-state index contributed by atoms with van der Waals surface area (Å²) in [5.74, 6) is -1.69. The van der Waals surface area contributed by atoms with Gasteiger partial charge in [0.2, 0.25) is 18.5 Å². The number of unbranched alkanes of at least 4 members (excludes halogenated alkanes) is 30. The van der Waals surface area contributed by atoms with E-state index in [9.17, 15) is 39.6 Å². The van der Waals surface area contributed by atoms with Gasteiger partial charge >= 0.3 is 5.97 Å². The number of nitrogens with one attached hydrogen (secondary N) is 1. The summed E-state index contributed by atoms with van der Waals surface area (Å²) < 4.78 is 34.3. The van der Waals surface area contributed by atoms with Crippen molar-refractivity contribution in [1.82, 2.24) is 5.32 Å². The molecule has 2 rings (SSSR count). The number of aliphatic hydroxyl groups excluding tert-OH is 4. The molecule has 2 aliphatic rings. The Morgan fingerprint density at radius 1 is 0.470 bits per heavy atom. The Labute approximate surface area is 503 Å². The van der Waals surface area contributed by atoms with Crippen LogP contribution in [0.25, 0.3) is 0 Å². The van der Waals surface area contributed by atoms with E-state index in [1.54, 1.807) is 19.1 Å². The van der Waals surface area contributed by atoms with Crippen LogP contribution >= 0.6 is 0 Å². The Morgan fingerprint density at radius 3 is 1.17 bits per heavy atom. The summed E-state index contributed by atoms with van der Waals surface area (Å²) in [5, 5.41) is 51.6. The summed E-state index contributed by atoms with van der Waals surface area (Å²) in [7, 11) is 0. The third kappa shape index (κ3) is 42.5. The van der Waals surface area contributed by atoms with Gasteiger partial charge in [0.15, 0.2) is 0 Å². The van der Waals surface area contributed by atoms with Crippen LogP contribution < -0.4 is 11.1 Å². The molecule has 0 aromatic rings. The lowest BCUT2D eigenvalue weighted by atomic mass is 9.96. The van der Waals surface area contributed by atoms with Crippen molar-refractivity contribution in [2.45, 2.75) is 347 Å². The van der Waals surface area contributed by atoms with Gasteiger partial charge in [0.05, 0.1) is 38.2 Å². The van der Waals surface area contributed by atoms with Crippen LogP contribution in [0, 0.1) is 0 Å². The molecule has 0 aliphatic carbocycles. The number of amides is 1. The number of ether oxygens (including phenoxy) is 6. The predicted molar refractivity (Wildman–Crippen MR) is 330 cm³/mol. The van der Waals surface area contributed by atoms with E-state index in [1.165, 1.54) is 167 Å². The Bertz CT molecular complexity index is 1590. The summed E-state index contributed by atoms with van der Waals surface area (Å²) in [6, 6.07) is -1.44. The minimum absolute atomic E-state index is 0.0988. The van der Waals surface area contributed by atoms with Gasteiger partial charge in [-0.25, -0.2) is 0 Å². The molecule has 2 fully saturated rings. The number of ketones is 2. The van der Waals surface area contributed by atoms with Crippen molar-refractivity contribution in [3.05, 3.63) is 24.7 Å². The first-order valence-electron chi connectivity index (χ1n) is 33.2. The topological polar surface area (TPSA) is 263 Å². The van der Waals surface area contributed by atoms with Gasteiger partial charge in [-0.2, -0.15) is 0 Å². The summed E-state index contributed by atoms with van der Waals surface area (Å²) in [6.07, 6.45) is 40.2. The fraction of sp³-hybridized carbons (Fsp3) is 0.879. The first-order valence-corrected chi connectivity index (χ1v) is 33.2. The molecule has 8 N–H and O–H groups in total. The highest BCUT2D eigenvalue weighted by molar-refractivity contribution is 5.98. The molecule has 83 heavy (non-hydrogen) atoms. The number of hydrogen-bond acceptors (Lipinski definition) is 15. The van der Waals surface area contributed by atoms with E-state index >= 15 is 0 Å². The Kier molecular flexibility index (Phi) is 54.7. The molecule has 2 heterocycles. The Balaban J connectivity index is 0.00000135. The molecular weight excluding hydrogens is 1060 g/mol.